The van der Waals surface area contributed by atoms with Crippen molar-refractivity contribution in [3.63, 3.8) is 0 Å². The SMILES string of the molecule is COC(=O)c1[nH]c(O)c(C(=N)c2ccccc2)c1-c1ccccc1. The molecular formula is C19H16N2O3. The predicted molar refractivity (Wildman–Crippen MR) is 91.6 cm³/mol. The Balaban J connectivity index is 2.24. The number of H-pyrrole nitrogens is 1. The summed E-state index contributed by atoms with van der Waals surface area (Å²) < 4.78 is 4.80. The summed E-state index contributed by atoms with van der Waals surface area (Å²) in [6, 6.07) is 18.2. The Morgan fingerprint density at radius 2 is 1.62 bits per heavy atom. The Labute approximate surface area is 139 Å². The number of hydrogen-bond acceptors (Lipinski definition) is 4. The van der Waals surface area contributed by atoms with Crippen molar-refractivity contribution in [3.8, 4) is 17.0 Å². The van der Waals surface area contributed by atoms with E-state index in [1.54, 1.807) is 12.1 Å². The van der Waals surface area contributed by atoms with Crippen LogP contribution in [0.15, 0.2) is 60.7 Å². The van der Waals surface area contributed by atoms with Gasteiger partial charge in [0, 0.05) is 11.1 Å². The third-order valence-electron chi connectivity index (χ3n) is 3.74. The van der Waals surface area contributed by atoms with E-state index in [1.165, 1.54) is 7.11 Å². The van der Waals surface area contributed by atoms with Crippen LogP contribution in [0, 0.1) is 5.41 Å². The van der Waals surface area contributed by atoms with Gasteiger partial charge in [-0.3, -0.25) is 5.41 Å². The Morgan fingerprint density at radius 3 is 2.21 bits per heavy atom. The highest BCUT2D eigenvalue weighted by atomic mass is 16.5. The van der Waals surface area contributed by atoms with Gasteiger partial charge in [-0.15, -0.1) is 0 Å². The van der Waals surface area contributed by atoms with Crippen LogP contribution in [0.2, 0.25) is 0 Å². The largest absolute Gasteiger partial charge is 0.494 e. The fraction of sp³-hybridized carbons (Fsp3) is 0.0526. The predicted octanol–water partition coefficient (Wildman–Crippen LogP) is 3.59. The summed E-state index contributed by atoms with van der Waals surface area (Å²) >= 11 is 0. The number of ether oxygens (including phenoxy) is 1. The van der Waals surface area contributed by atoms with Gasteiger partial charge < -0.3 is 14.8 Å². The van der Waals surface area contributed by atoms with Crippen molar-refractivity contribution in [1.29, 1.82) is 5.41 Å². The first-order chi connectivity index (χ1) is 11.6. The molecule has 1 heterocycles. The van der Waals surface area contributed by atoms with E-state index < -0.39 is 5.97 Å². The molecule has 0 atom stereocenters. The smallest absolute Gasteiger partial charge is 0.355 e. The van der Waals surface area contributed by atoms with Crippen molar-refractivity contribution in [2.45, 2.75) is 0 Å². The summed E-state index contributed by atoms with van der Waals surface area (Å²) in [5.74, 6) is -0.834. The van der Waals surface area contributed by atoms with Crippen LogP contribution in [-0.2, 0) is 4.74 Å². The number of benzene rings is 2. The van der Waals surface area contributed by atoms with Crippen LogP contribution in [0.4, 0.5) is 0 Å². The van der Waals surface area contributed by atoms with Gasteiger partial charge in [0.1, 0.15) is 5.69 Å². The van der Waals surface area contributed by atoms with E-state index in [-0.39, 0.29) is 22.8 Å². The average Bonchev–Trinajstić information content (AvgIpc) is 2.99. The molecule has 0 spiro atoms. The van der Waals surface area contributed by atoms with Crippen LogP contribution in [-0.4, -0.2) is 28.9 Å². The highest BCUT2D eigenvalue weighted by Gasteiger charge is 2.26. The number of nitrogens with one attached hydrogen (secondary N) is 2. The van der Waals surface area contributed by atoms with Gasteiger partial charge in [0.05, 0.1) is 18.4 Å². The summed E-state index contributed by atoms with van der Waals surface area (Å²) in [5, 5.41) is 18.8. The lowest BCUT2D eigenvalue weighted by molar-refractivity contribution is 0.0595. The number of aromatic amines is 1. The molecule has 0 aliphatic heterocycles. The molecule has 120 valence electrons. The van der Waals surface area contributed by atoms with E-state index in [4.69, 9.17) is 10.1 Å². The molecule has 5 heteroatoms. The molecule has 0 unspecified atom stereocenters. The monoisotopic (exact) mass is 320 g/mol. The van der Waals surface area contributed by atoms with Crippen molar-refractivity contribution < 1.29 is 14.6 Å². The maximum Gasteiger partial charge on any atom is 0.355 e. The number of aromatic hydroxyl groups is 1. The third kappa shape index (κ3) is 2.67. The van der Waals surface area contributed by atoms with E-state index in [0.29, 0.717) is 16.7 Å². The first kappa shape index (κ1) is 15.6. The van der Waals surface area contributed by atoms with Crippen molar-refractivity contribution in [2.24, 2.45) is 0 Å². The first-order valence-electron chi connectivity index (χ1n) is 7.36. The zero-order valence-corrected chi connectivity index (χ0v) is 13.0. The minimum atomic E-state index is -0.601. The van der Waals surface area contributed by atoms with Crippen molar-refractivity contribution >= 4 is 11.7 Å². The Hall–Kier alpha value is -3.34. The van der Waals surface area contributed by atoms with Crippen molar-refractivity contribution in [1.82, 2.24) is 4.98 Å². The van der Waals surface area contributed by atoms with Crippen LogP contribution >= 0.6 is 0 Å². The van der Waals surface area contributed by atoms with E-state index in [2.05, 4.69) is 4.98 Å². The lowest BCUT2D eigenvalue weighted by atomic mass is 9.95. The third-order valence-corrected chi connectivity index (χ3v) is 3.74. The molecule has 1 aromatic heterocycles. The minimum Gasteiger partial charge on any atom is -0.494 e. The second-order valence-electron chi connectivity index (χ2n) is 5.20. The quantitative estimate of drug-likeness (QED) is 0.507. The summed E-state index contributed by atoms with van der Waals surface area (Å²) in [5.41, 5.74) is 2.32. The summed E-state index contributed by atoms with van der Waals surface area (Å²) in [6.07, 6.45) is 0. The number of rotatable bonds is 4. The summed E-state index contributed by atoms with van der Waals surface area (Å²) in [6.45, 7) is 0. The van der Waals surface area contributed by atoms with Gasteiger partial charge in [0.25, 0.3) is 0 Å². The molecular weight excluding hydrogens is 304 g/mol. The van der Waals surface area contributed by atoms with Gasteiger partial charge in [-0.2, -0.15) is 0 Å². The van der Waals surface area contributed by atoms with Crippen molar-refractivity contribution in [2.75, 3.05) is 7.11 Å². The minimum absolute atomic E-state index is 0.122. The Kier molecular flexibility index (Phi) is 4.16. The average molecular weight is 320 g/mol. The maximum atomic E-state index is 12.1. The molecule has 3 aromatic rings. The molecule has 0 fully saturated rings. The fourth-order valence-corrected chi connectivity index (χ4v) is 2.63. The Morgan fingerprint density at radius 1 is 1.04 bits per heavy atom. The zero-order valence-electron chi connectivity index (χ0n) is 13.0. The number of carbonyl (C=O) groups excluding carboxylic acids is 1. The molecule has 24 heavy (non-hydrogen) atoms. The zero-order chi connectivity index (χ0) is 17.1. The molecule has 3 N–H and O–H groups in total. The number of carbonyl (C=O) groups is 1. The highest BCUT2D eigenvalue weighted by Crippen LogP contribution is 2.35. The number of methoxy groups -OCH3 is 1. The standard InChI is InChI=1S/C19H16N2O3/c1-24-19(23)17-14(12-8-4-2-5-9-12)15(18(22)21-17)16(20)13-10-6-3-7-11-13/h2-11,20-22H,1H3. The number of esters is 1. The molecule has 3 rings (SSSR count). The first-order valence-corrected chi connectivity index (χ1v) is 7.36. The molecule has 5 nitrogen and oxygen atoms in total. The van der Waals surface area contributed by atoms with Crippen LogP contribution in [0.1, 0.15) is 21.6 Å². The van der Waals surface area contributed by atoms with Gasteiger partial charge in [-0.25, -0.2) is 4.79 Å². The van der Waals surface area contributed by atoms with Gasteiger partial charge >= 0.3 is 5.97 Å². The molecule has 0 aliphatic rings. The second kappa shape index (κ2) is 6.42. The van der Waals surface area contributed by atoms with E-state index in [1.807, 2.05) is 48.5 Å². The maximum absolute atomic E-state index is 12.1. The van der Waals surface area contributed by atoms with Gasteiger partial charge in [-0.05, 0) is 5.56 Å². The summed E-state index contributed by atoms with van der Waals surface area (Å²) in [7, 11) is 1.27. The molecule has 0 amide bonds. The molecule has 0 aliphatic carbocycles. The molecule has 2 aromatic carbocycles. The van der Waals surface area contributed by atoms with Gasteiger partial charge in [-0.1, -0.05) is 60.7 Å². The number of aromatic nitrogens is 1. The topological polar surface area (TPSA) is 86.2 Å². The highest BCUT2D eigenvalue weighted by molar-refractivity contribution is 6.18. The van der Waals surface area contributed by atoms with E-state index >= 15 is 0 Å². The van der Waals surface area contributed by atoms with Crippen LogP contribution in [0.3, 0.4) is 0 Å². The van der Waals surface area contributed by atoms with Gasteiger partial charge in [0.2, 0.25) is 0 Å². The lowest BCUT2D eigenvalue weighted by Gasteiger charge is -2.08. The Bertz CT molecular complexity index is 884. The molecule has 0 saturated carbocycles. The molecule has 0 bridgehead atoms. The molecule has 0 radical (unpaired) electrons. The van der Waals surface area contributed by atoms with Crippen LogP contribution in [0.5, 0.6) is 5.88 Å². The fourth-order valence-electron chi connectivity index (χ4n) is 2.63. The normalized spacial score (nSPS) is 10.4. The lowest BCUT2D eigenvalue weighted by Crippen LogP contribution is -2.06. The van der Waals surface area contributed by atoms with Gasteiger partial charge in [0.15, 0.2) is 5.88 Å². The second-order valence-corrected chi connectivity index (χ2v) is 5.20. The van der Waals surface area contributed by atoms with Crippen LogP contribution < -0.4 is 0 Å². The van der Waals surface area contributed by atoms with E-state index in [9.17, 15) is 9.90 Å². The molecule has 0 saturated heterocycles. The number of hydrogen-bond donors (Lipinski definition) is 3. The van der Waals surface area contributed by atoms with Crippen molar-refractivity contribution in [3.05, 3.63) is 77.5 Å². The van der Waals surface area contributed by atoms with E-state index in [0.717, 1.165) is 0 Å². The van der Waals surface area contributed by atoms with Crippen LogP contribution in [0.25, 0.3) is 11.1 Å². The summed E-state index contributed by atoms with van der Waals surface area (Å²) in [4.78, 5) is 14.8.